The number of likely N-dealkylation sites (tertiary alicyclic amines) is 1. The van der Waals surface area contributed by atoms with E-state index in [1.807, 2.05) is 32.0 Å². The molecule has 1 aliphatic heterocycles. The number of anilines is 1. The second kappa shape index (κ2) is 10.00. The first kappa shape index (κ1) is 22.5. The first-order valence-electron chi connectivity index (χ1n) is 9.03. The quantitative estimate of drug-likeness (QED) is 0.754. The van der Waals surface area contributed by atoms with E-state index in [0.29, 0.717) is 36.9 Å². The van der Waals surface area contributed by atoms with Gasteiger partial charge in [0.2, 0.25) is 5.91 Å². The molecular weight excluding hydrogens is 354 g/mol. The summed E-state index contributed by atoms with van der Waals surface area (Å²) in [5.74, 6) is 1.30. The summed E-state index contributed by atoms with van der Waals surface area (Å²) >= 11 is 0. The molecule has 0 bridgehead atoms. The Kier molecular flexibility index (Phi) is 8.67. The van der Waals surface area contributed by atoms with Gasteiger partial charge in [0.05, 0.1) is 19.8 Å². The van der Waals surface area contributed by atoms with Gasteiger partial charge in [0, 0.05) is 30.9 Å². The molecule has 1 heterocycles. The van der Waals surface area contributed by atoms with Gasteiger partial charge in [-0.1, -0.05) is 13.8 Å². The Morgan fingerprint density at radius 1 is 1.27 bits per heavy atom. The summed E-state index contributed by atoms with van der Waals surface area (Å²) in [6, 6.07) is 5.66. The molecule has 0 aromatic heterocycles. The van der Waals surface area contributed by atoms with E-state index < -0.39 is 0 Å². The molecule has 0 radical (unpaired) electrons. The summed E-state index contributed by atoms with van der Waals surface area (Å²) in [5, 5.41) is 2.95. The smallest absolute Gasteiger partial charge is 0.238 e. The lowest BCUT2D eigenvalue weighted by Crippen LogP contribution is -2.53. The lowest BCUT2D eigenvalue weighted by molar-refractivity contribution is -0.118. The Morgan fingerprint density at radius 3 is 2.54 bits per heavy atom. The van der Waals surface area contributed by atoms with Gasteiger partial charge >= 0.3 is 0 Å². The topological polar surface area (TPSA) is 76.8 Å². The molecule has 3 N–H and O–H groups in total. The van der Waals surface area contributed by atoms with Crippen LogP contribution in [0, 0.1) is 5.41 Å². The van der Waals surface area contributed by atoms with Crippen LogP contribution in [-0.4, -0.2) is 49.7 Å². The highest BCUT2D eigenvalue weighted by molar-refractivity contribution is 5.92. The van der Waals surface area contributed by atoms with Gasteiger partial charge in [-0.2, -0.15) is 0 Å². The van der Waals surface area contributed by atoms with Crippen molar-refractivity contribution in [2.45, 2.75) is 40.2 Å². The van der Waals surface area contributed by atoms with Crippen LogP contribution in [0.2, 0.25) is 0 Å². The average Bonchev–Trinajstić information content (AvgIpc) is 2.53. The minimum Gasteiger partial charge on any atom is -0.490 e. The van der Waals surface area contributed by atoms with Crippen molar-refractivity contribution in [1.82, 2.24) is 4.90 Å². The van der Waals surface area contributed by atoms with Gasteiger partial charge in [-0.25, -0.2) is 0 Å². The molecule has 1 amide bonds. The summed E-state index contributed by atoms with van der Waals surface area (Å²) in [4.78, 5) is 14.6. The fourth-order valence-electron chi connectivity index (χ4n) is 3.15. The maximum Gasteiger partial charge on any atom is 0.238 e. The second-order valence-electron chi connectivity index (χ2n) is 7.17. The number of rotatable bonds is 7. The van der Waals surface area contributed by atoms with Gasteiger partial charge in [-0.3, -0.25) is 9.69 Å². The molecule has 6 nitrogen and oxygen atoms in total. The Morgan fingerprint density at radius 2 is 1.92 bits per heavy atom. The molecule has 148 valence electrons. The number of halogens is 1. The summed E-state index contributed by atoms with van der Waals surface area (Å²) < 4.78 is 11.1. The molecule has 26 heavy (non-hydrogen) atoms. The Balaban J connectivity index is 0.00000338. The summed E-state index contributed by atoms with van der Waals surface area (Å²) in [6.45, 7) is 11.3. The number of benzene rings is 1. The molecule has 1 unspecified atom stereocenters. The van der Waals surface area contributed by atoms with Gasteiger partial charge in [0.25, 0.3) is 0 Å². The van der Waals surface area contributed by atoms with Crippen LogP contribution in [-0.2, 0) is 4.79 Å². The van der Waals surface area contributed by atoms with Gasteiger partial charge in [0.1, 0.15) is 0 Å². The van der Waals surface area contributed by atoms with Crippen molar-refractivity contribution >= 4 is 24.0 Å². The molecule has 2 rings (SSSR count). The van der Waals surface area contributed by atoms with Crippen LogP contribution < -0.4 is 20.5 Å². The van der Waals surface area contributed by atoms with Crippen molar-refractivity contribution in [3.05, 3.63) is 18.2 Å². The van der Waals surface area contributed by atoms with Crippen LogP contribution in [0.5, 0.6) is 11.5 Å². The van der Waals surface area contributed by atoms with Crippen molar-refractivity contribution in [2.75, 3.05) is 38.2 Å². The van der Waals surface area contributed by atoms with Crippen molar-refractivity contribution in [3.63, 3.8) is 0 Å². The first-order chi connectivity index (χ1) is 11.9. The van der Waals surface area contributed by atoms with Crippen LogP contribution in [0.25, 0.3) is 0 Å². The standard InChI is InChI=1S/C19H31N3O3.ClH/c1-5-24-15-8-7-14(11-16(15)25-6-2)21-18(23)12-22-10-9-17(20)19(3,4)13-22;/h7-8,11,17H,5-6,9-10,12-13,20H2,1-4H3,(H,21,23);1H. The molecule has 0 saturated carbocycles. The minimum absolute atomic E-state index is 0. The molecule has 1 fully saturated rings. The third-order valence-corrected chi connectivity index (χ3v) is 4.59. The highest BCUT2D eigenvalue weighted by atomic mass is 35.5. The van der Waals surface area contributed by atoms with E-state index in [4.69, 9.17) is 15.2 Å². The average molecular weight is 386 g/mol. The zero-order chi connectivity index (χ0) is 18.4. The zero-order valence-corrected chi connectivity index (χ0v) is 17.0. The van der Waals surface area contributed by atoms with Gasteiger partial charge in [-0.05, 0) is 37.8 Å². The van der Waals surface area contributed by atoms with E-state index in [1.165, 1.54) is 0 Å². The Hall–Kier alpha value is -1.50. The third-order valence-electron chi connectivity index (χ3n) is 4.59. The van der Waals surface area contributed by atoms with Gasteiger partial charge < -0.3 is 20.5 Å². The number of carbonyl (C=O) groups excluding carboxylic acids is 1. The van der Waals surface area contributed by atoms with E-state index >= 15 is 0 Å². The summed E-state index contributed by atoms with van der Waals surface area (Å²) in [5.41, 5.74) is 6.90. The number of nitrogens with one attached hydrogen (secondary N) is 1. The van der Waals surface area contributed by atoms with Gasteiger partial charge in [-0.15, -0.1) is 12.4 Å². The van der Waals surface area contributed by atoms with E-state index in [2.05, 4.69) is 24.1 Å². The van der Waals surface area contributed by atoms with Crippen LogP contribution in [0.3, 0.4) is 0 Å². The van der Waals surface area contributed by atoms with E-state index in [9.17, 15) is 4.79 Å². The highest BCUT2D eigenvalue weighted by Gasteiger charge is 2.33. The van der Waals surface area contributed by atoms with Crippen LogP contribution >= 0.6 is 12.4 Å². The van der Waals surface area contributed by atoms with Crippen LogP contribution in [0.15, 0.2) is 18.2 Å². The molecule has 1 aliphatic rings. The predicted octanol–water partition coefficient (Wildman–Crippen LogP) is 2.90. The molecule has 7 heteroatoms. The number of hydrogen-bond donors (Lipinski definition) is 2. The molecule has 1 saturated heterocycles. The van der Waals surface area contributed by atoms with E-state index in [-0.39, 0.29) is 29.8 Å². The summed E-state index contributed by atoms with van der Waals surface area (Å²) in [7, 11) is 0. The van der Waals surface area contributed by atoms with Crippen molar-refractivity contribution in [3.8, 4) is 11.5 Å². The Labute approximate surface area is 162 Å². The lowest BCUT2D eigenvalue weighted by atomic mass is 9.80. The fourth-order valence-corrected chi connectivity index (χ4v) is 3.15. The van der Waals surface area contributed by atoms with Gasteiger partial charge in [0.15, 0.2) is 11.5 Å². The highest BCUT2D eigenvalue weighted by Crippen LogP contribution is 2.31. The number of carbonyl (C=O) groups is 1. The lowest BCUT2D eigenvalue weighted by Gasteiger charge is -2.42. The SMILES string of the molecule is CCOc1ccc(NC(=O)CN2CCC(N)C(C)(C)C2)cc1OCC.Cl. The van der Waals surface area contributed by atoms with Crippen molar-refractivity contribution < 1.29 is 14.3 Å². The predicted molar refractivity (Wildman–Crippen MR) is 107 cm³/mol. The first-order valence-corrected chi connectivity index (χ1v) is 9.03. The van der Waals surface area contributed by atoms with Crippen LogP contribution in [0.1, 0.15) is 34.1 Å². The molecule has 0 aliphatic carbocycles. The number of piperidine rings is 1. The monoisotopic (exact) mass is 385 g/mol. The molecular formula is C19H32ClN3O3. The maximum atomic E-state index is 12.4. The van der Waals surface area contributed by atoms with Crippen LogP contribution in [0.4, 0.5) is 5.69 Å². The summed E-state index contributed by atoms with van der Waals surface area (Å²) in [6.07, 6.45) is 0.915. The Bertz CT molecular complexity index is 595. The normalized spacial score (nSPS) is 19.3. The number of amides is 1. The molecule has 1 atom stereocenters. The largest absolute Gasteiger partial charge is 0.490 e. The third kappa shape index (κ3) is 6.04. The van der Waals surface area contributed by atoms with Crippen molar-refractivity contribution in [2.24, 2.45) is 11.1 Å². The number of nitrogens with two attached hydrogens (primary N) is 1. The molecule has 0 spiro atoms. The number of hydrogen-bond acceptors (Lipinski definition) is 5. The molecule has 1 aromatic carbocycles. The zero-order valence-electron chi connectivity index (χ0n) is 16.2. The van der Waals surface area contributed by atoms with E-state index in [0.717, 1.165) is 19.5 Å². The van der Waals surface area contributed by atoms with Crippen molar-refractivity contribution in [1.29, 1.82) is 0 Å². The maximum absolute atomic E-state index is 12.4. The number of ether oxygens (including phenoxy) is 2. The molecule has 1 aromatic rings. The second-order valence-corrected chi connectivity index (χ2v) is 7.17. The number of nitrogens with zero attached hydrogens (tertiary/aromatic N) is 1. The van der Waals surface area contributed by atoms with E-state index in [1.54, 1.807) is 0 Å². The fraction of sp³-hybridized carbons (Fsp3) is 0.632. The minimum atomic E-state index is -0.0297.